The summed E-state index contributed by atoms with van der Waals surface area (Å²) >= 11 is 1.13. The van der Waals surface area contributed by atoms with Gasteiger partial charge >= 0.3 is 0 Å². The Balaban J connectivity index is 2.20. The second-order valence-electron chi connectivity index (χ2n) is 5.62. The predicted octanol–water partition coefficient (Wildman–Crippen LogP) is 4.47. The third kappa shape index (κ3) is 2.90. The zero-order valence-electron chi connectivity index (χ0n) is 13.3. The van der Waals surface area contributed by atoms with Gasteiger partial charge in [0.15, 0.2) is 5.06 Å². The van der Waals surface area contributed by atoms with Gasteiger partial charge in [-0.15, -0.1) is 0 Å². The molecule has 1 N–H and O–H groups in total. The van der Waals surface area contributed by atoms with Crippen molar-refractivity contribution in [2.24, 2.45) is 0 Å². The molecule has 2 aromatic carbocycles. The highest BCUT2D eigenvalue weighted by Crippen LogP contribution is 2.36. The molecule has 0 bridgehead atoms. The summed E-state index contributed by atoms with van der Waals surface area (Å²) in [5.74, 6) is 0. The normalized spacial score (nSPS) is 10.7. The largest absolute Gasteiger partial charge is 0.499 e. The summed E-state index contributed by atoms with van der Waals surface area (Å²) in [5, 5.41) is 11.0. The first kappa shape index (κ1) is 15.4. The Kier molecular flexibility index (Phi) is 4.01. The summed E-state index contributed by atoms with van der Waals surface area (Å²) in [5.41, 5.74) is 4.67. The van der Waals surface area contributed by atoms with Crippen molar-refractivity contribution < 1.29 is 5.11 Å². The van der Waals surface area contributed by atoms with Crippen LogP contribution in [0.15, 0.2) is 47.3 Å². The summed E-state index contributed by atoms with van der Waals surface area (Å²) in [6.07, 6.45) is 0. The van der Waals surface area contributed by atoms with Crippen molar-refractivity contribution in [1.82, 2.24) is 4.98 Å². The lowest BCUT2D eigenvalue weighted by Gasteiger charge is -2.11. The third-order valence-corrected chi connectivity index (χ3v) is 4.87. The van der Waals surface area contributed by atoms with Crippen molar-refractivity contribution in [1.29, 1.82) is 0 Å². The zero-order valence-corrected chi connectivity index (χ0v) is 14.1. The number of aromatic nitrogens is 1. The van der Waals surface area contributed by atoms with Crippen molar-refractivity contribution in [3.63, 3.8) is 0 Å². The van der Waals surface area contributed by atoms with Gasteiger partial charge in [-0.3, -0.25) is 4.79 Å². The molecule has 0 spiro atoms. The fraction of sp³-hybridized carbons (Fsp3) is 0.158. The van der Waals surface area contributed by atoms with Crippen molar-refractivity contribution in [2.45, 2.75) is 20.8 Å². The van der Waals surface area contributed by atoms with E-state index in [1.54, 1.807) is 0 Å². The maximum Gasteiger partial charge on any atom is 0.283 e. The predicted molar refractivity (Wildman–Crippen MR) is 95.1 cm³/mol. The molecule has 0 amide bonds. The number of hydrogen-bond donors (Lipinski definition) is 1. The average Bonchev–Trinajstić information content (AvgIpc) is 2.52. The summed E-state index contributed by atoms with van der Waals surface area (Å²) < 4.78 is 0. The quantitative estimate of drug-likeness (QED) is 0.757. The van der Waals surface area contributed by atoms with E-state index in [9.17, 15) is 9.90 Å². The zero-order chi connectivity index (χ0) is 16.6. The molecule has 0 aliphatic carbocycles. The molecule has 3 nitrogen and oxygen atoms in total. The lowest BCUT2D eigenvalue weighted by Crippen LogP contribution is -2.10. The Morgan fingerprint density at radius 3 is 2.26 bits per heavy atom. The number of nitrogens with zero attached hydrogens (tertiary/aromatic N) is 1. The van der Waals surface area contributed by atoms with Crippen LogP contribution in [-0.4, -0.2) is 10.1 Å². The number of benzene rings is 2. The monoisotopic (exact) mass is 323 g/mol. The minimum absolute atomic E-state index is 0.00945. The second kappa shape index (κ2) is 5.97. The molecule has 3 rings (SSSR count). The smallest absolute Gasteiger partial charge is 0.283 e. The number of aromatic hydroxyl groups is 1. The molecule has 0 saturated carbocycles. The first-order chi connectivity index (χ1) is 11.0. The van der Waals surface area contributed by atoms with Gasteiger partial charge in [-0.25, -0.2) is 0 Å². The third-order valence-electron chi connectivity index (χ3n) is 3.95. The van der Waals surface area contributed by atoms with Crippen LogP contribution in [0.25, 0.3) is 21.7 Å². The van der Waals surface area contributed by atoms with Gasteiger partial charge in [0.1, 0.15) is 10.6 Å². The molecule has 116 valence electrons. The standard InChI is InChI=1S/C19H17NO2S/c1-11-9-13(3)15(10-12(11)2)16-17(21)20-18(23-19(16)22)14-7-5-4-6-8-14/h4-10,22H,1-3H3. The first-order valence-electron chi connectivity index (χ1n) is 7.35. The molecule has 0 atom stereocenters. The Hall–Kier alpha value is -2.46. The van der Waals surface area contributed by atoms with Crippen molar-refractivity contribution in [3.8, 4) is 26.8 Å². The molecule has 0 aliphatic rings. The van der Waals surface area contributed by atoms with Crippen LogP contribution in [0.2, 0.25) is 0 Å². The topological polar surface area (TPSA) is 50.2 Å². The van der Waals surface area contributed by atoms with Gasteiger partial charge in [0.2, 0.25) is 0 Å². The molecule has 0 saturated heterocycles. The highest BCUT2D eigenvalue weighted by atomic mass is 32.1. The minimum Gasteiger partial charge on any atom is -0.499 e. The minimum atomic E-state index is -0.397. The Morgan fingerprint density at radius 1 is 0.957 bits per heavy atom. The van der Waals surface area contributed by atoms with E-state index in [1.165, 1.54) is 0 Å². The van der Waals surface area contributed by atoms with E-state index in [4.69, 9.17) is 0 Å². The lowest BCUT2D eigenvalue weighted by atomic mass is 9.97. The molecule has 4 heteroatoms. The Labute approximate surface area is 138 Å². The van der Waals surface area contributed by atoms with Crippen LogP contribution in [0.5, 0.6) is 5.06 Å². The van der Waals surface area contributed by atoms with Crippen molar-refractivity contribution in [2.75, 3.05) is 0 Å². The van der Waals surface area contributed by atoms with E-state index in [2.05, 4.69) is 4.98 Å². The highest BCUT2D eigenvalue weighted by molar-refractivity contribution is 7.16. The van der Waals surface area contributed by atoms with Crippen LogP contribution in [0.1, 0.15) is 16.7 Å². The summed E-state index contributed by atoms with van der Waals surface area (Å²) in [7, 11) is 0. The van der Waals surface area contributed by atoms with Crippen molar-refractivity contribution in [3.05, 3.63) is 69.5 Å². The Bertz CT molecular complexity index is 930. The SMILES string of the molecule is Cc1cc(C)c(-c2c(O)sc(-c3ccccc3)nc2=O)cc1C. The molecular formula is C19H17NO2S. The fourth-order valence-electron chi connectivity index (χ4n) is 2.57. The van der Waals surface area contributed by atoms with Crippen LogP contribution < -0.4 is 5.56 Å². The average molecular weight is 323 g/mol. The number of hydrogen-bond acceptors (Lipinski definition) is 4. The molecule has 1 aromatic heterocycles. The summed E-state index contributed by atoms with van der Waals surface area (Å²) in [6.45, 7) is 5.97. The van der Waals surface area contributed by atoms with Gasteiger partial charge in [0.05, 0.1) is 0 Å². The first-order valence-corrected chi connectivity index (χ1v) is 8.17. The molecular weight excluding hydrogens is 306 g/mol. The molecule has 0 aliphatic heterocycles. The number of aryl methyl sites for hydroxylation is 3. The van der Waals surface area contributed by atoms with Gasteiger partial charge in [-0.05, 0) is 43.0 Å². The van der Waals surface area contributed by atoms with Crippen LogP contribution >= 0.6 is 11.3 Å². The van der Waals surface area contributed by atoms with E-state index in [1.807, 2.05) is 63.2 Å². The van der Waals surface area contributed by atoms with Crippen LogP contribution in [0.3, 0.4) is 0 Å². The summed E-state index contributed by atoms with van der Waals surface area (Å²) in [6, 6.07) is 13.4. The van der Waals surface area contributed by atoms with Crippen molar-refractivity contribution >= 4 is 11.3 Å². The van der Waals surface area contributed by atoms with E-state index in [0.29, 0.717) is 5.01 Å². The second-order valence-corrected chi connectivity index (χ2v) is 6.60. The van der Waals surface area contributed by atoms with Crippen LogP contribution in [0.4, 0.5) is 0 Å². The van der Waals surface area contributed by atoms with Gasteiger partial charge in [-0.2, -0.15) is 4.98 Å². The summed E-state index contributed by atoms with van der Waals surface area (Å²) in [4.78, 5) is 16.7. The van der Waals surface area contributed by atoms with E-state index < -0.39 is 5.56 Å². The van der Waals surface area contributed by atoms with Crippen LogP contribution in [0, 0.1) is 20.8 Å². The fourth-order valence-corrected chi connectivity index (χ4v) is 3.43. The molecule has 0 unspecified atom stereocenters. The maximum absolute atomic E-state index is 12.5. The van der Waals surface area contributed by atoms with Gasteiger partial charge < -0.3 is 5.11 Å². The number of rotatable bonds is 2. The van der Waals surface area contributed by atoms with Gasteiger partial charge in [-0.1, -0.05) is 53.8 Å². The van der Waals surface area contributed by atoms with E-state index in [-0.39, 0.29) is 10.6 Å². The molecule has 1 heterocycles. The van der Waals surface area contributed by atoms with Gasteiger partial charge in [0, 0.05) is 5.56 Å². The highest BCUT2D eigenvalue weighted by Gasteiger charge is 2.17. The maximum atomic E-state index is 12.5. The van der Waals surface area contributed by atoms with E-state index in [0.717, 1.165) is 39.2 Å². The lowest BCUT2D eigenvalue weighted by molar-refractivity contribution is 0.491. The molecule has 0 fully saturated rings. The molecule has 23 heavy (non-hydrogen) atoms. The molecule has 3 aromatic rings. The molecule has 0 radical (unpaired) electrons. The van der Waals surface area contributed by atoms with E-state index >= 15 is 0 Å². The van der Waals surface area contributed by atoms with Gasteiger partial charge in [0.25, 0.3) is 5.56 Å². The Morgan fingerprint density at radius 2 is 1.61 bits per heavy atom. The van der Waals surface area contributed by atoms with Crippen LogP contribution in [-0.2, 0) is 0 Å².